The maximum Gasteiger partial charge on any atom is 0.336 e. The second-order valence-corrected chi connectivity index (χ2v) is 10.6. The van der Waals surface area contributed by atoms with Gasteiger partial charge in [-0.25, -0.2) is 4.79 Å². The number of rotatable bonds is 3. The zero-order valence-electron chi connectivity index (χ0n) is 10.6. The quantitative estimate of drug-likeness (QED) is 0.552. The number of methoxy groups -OCH3 is 1. The summed E-state index contributed by atoms with van der Waals surface area (Å²) in [6, 6.07) is 0. The van der Waals surface area contributed by atoms with Gasteiger partial charge in [-0.2, -0.15) is 0 Å². The van der Waals surface area contributed by atoms with Crippen LogP contribution in [0.25, 0.3) is 0 Å². The Labute approximate surface area is 93.3 Å². The van der Waals surface area contributed by atoms with Crippen molar-refractivity contribution in [3.05, 3.63) is 0 Å². The van der Waals surface area contributed by atoms with Crippen molar-refractivity contribution in [2.24, 2.45) is 0 Å². The van der Waals surface area contributed by atoms with Crippen molar-refractivity contribution in [1.29, 1.82) is 0 Å². The zero-order valence-corrected chi connectivity index (χ0v) is 11.6. The van der Waals surface area contributed by atoms with Crippen LogP contribution in [0.5, 0.6) is 0 Å². The van der Waals surface area contributed by atoms with Gasteiger partial charge in [-0.3, -0.25) is 0 Å². The Kier molecular flexibility index (Phi) is 3.05. The number of carbonyl (C=O) groups excluding carboxylic acids is 1. The third-order valence-corrected chi connectivity index (χ3v) is 8.03. The highest BCUT2D eigenvalue weighted by Crippen LogP contribution is 2.48. The Balaban J connectivity index is 2.74. The maximum atomic E-state index is 11.6. The van der Waals surface area contributed by atoms with Crippen LogP contribution in [0.2, 0.25) is 18.1 Å². The molecule has 0 unspecified atom stereocenters. The number of ether oxygens (including phenoxy) is 1. The van der Waals surface area contributed by atoms with Crippen LogP contribution in [0.1, 0.15) is 33.6 Å². The first kappa shape index (κ1) is 12.7. The Morgan fingerprint density at radius 2 is 1.73 bits per heavy atom. The minimum Gasteiger partial charge on any atom is -0.467 e. The van der Waals surface area contributed by atoms with Gasteiger partial charge in [-0.15, -0.1) is 0 Å². The topological polar surface area (TPSA) is 35.5 Å². The Hall–Kier alpha value is -0.353. The van der Waals surface area contributed by atoms with Crippen LogP contribution in [0.15, 0.2) is 0 Å². The highest BCUT2D eigenvalue weighted by atomic mass is 28.4. The van der Waals surface area contributed by atoms with Gasteiger partial charge < -0.3 is 9.16 Å². The normalized spacial score (nSPS) is 19.9. The molecule has 0 heterocycles. The van der Waals surface area contributed by atoms with Crippen LogP contribution >= 0.6 is 0 Å². The molecule has 1 aliphatic rings. The van der Waals surface area contributed by atoms with Gasteiger partial charge in [0.05, 0.1) is 7.11 Å². The van der Waals surface area contributed by atoms with Gasteiger partial charge in [0, 0.05) is 0 Å². The fraction of sp³-hybridized carbons (Fsp3) is 0.909. The summed E-state index contributed by atoms with van der Waals surface area (Å²) in [7, 11) is -0.430. The van der Waals surface area contributed by atoms with Crippen molar-refractivity contribution >= 4 is 14.3 Å². The molecule has 0 radical (unpaired) electrons. The van der Waals surface area contributed by atoms with Crippen LogP contribution in [-0.4, -0.2) is 27.0 Å². The van der Waals surface area contributed by atoms with Crippen molar-refractivity contribution in [2.45, 2.75) is 57.3 Å². The molecule has 15 heavy (non-hydrogen) atoms. The fourth-order valence-corrected chi connectivity index (χ4v) is 2.86. The molecule has 0 saturated heterocycles. The van der Waals surface area contributed by atoms with E-state index < -0.39 is 13.9 Å². The van der Waals surface area contributed by atoms with E-state index in [-0.39, 0.29) is 11.0 Å². The molecule has 88 valence electrons. The zero-order chi connectivity index (χ0) is 11.9. The van der Waals surface area contributed by atoms with Crippen molar-refractivity contribution in [1.82, 2.24) is 0 Å². The van der Waals surface area contributed by atoms with E-state index in [0.29, 0.717) is 0 Å². The van der Waals surface area contributed by atoms with Crippen molar-refractivity contribution in [2.75, 3.05) is 7.11 Å². The molecule has 0 aromatic heterocycles. The molecule has 0 amide bonds. The Morgan fingerprint density at radius 3 is 2.00 bits per heavy atom. The van der Waals surface area contributed by atoms with Gasteiger partial charge in [0.1, 0.15) is 0 Å². The molecule has 0 atom stereocenters. The van der Waals surface area contributed by atoms with E-state index >= 15 is 0 Å². The standard InChI is InChI=1S/C11H22O3Si/c1-10(2,3)15(5,6)14-11(7-8-11)9(12)13-4/h7-8H2,1-6H3. The third-order valence-electron chi connectivity index (χ3n) is 3.52. The molecule has 3 nitrogen and oxygen atoms in total. The lowest BCUT2D eigenvalue weighted by Crippen LogP contribution is -2.47. The molecule has 0 N–H and O–H groups in total. The summed E-state index contributed by atoms with van der Waals surface area (Å²) in [5, 5.41) is 0.136. The number of carbonyl (C=O) groups is 1. The number of hydrogen-bond acceptors (Lipinski definition) is 3. The molecule has 4 heteroatoms. The molecule has 0 aromatic rings. The van der Waals surface area contributed by atoms with Crippen molar-refractivity contribution in [3.63, 3.8) is 0 Å². The predicted octanol–water partition coefficient (Wildman–Crippen LogP) is 2.71. The van der Waals surface area contributed by atoms with E-state index in [2.05, 4.69) is 33.9 Å². The summed E-state index contributed by atoms with van der Waals surface area (Å²) >= 11 is 0. The minimum atomic E-state index is -1.86. The summed E-state index contributed by atoms with van der Waals surface area (Å²) in [5.41, 5.74) is -0.599. The SMILES string of the molecule is COC(=O)C1(O[Si](C)(C)C(C)(C)C)CC1. The van der Waals surface area contributed by atoms with E-state index in [0.717, 1.165) is 12.8 Å². The molecule has 1 fully saturated rings. The van der Waals surface area contributed by atoms with Crippen LogP contribution in [0.3, 0.4) is 0 Å². The van der Waals surface area contributed by atoms with Gasteiger partial charge in [-0.1, -0.05) is 20.8 Å². The van der Waals surface area contributed by atoms with Gasteiger partial charge >= 0.3 is 5.97 Å². The first-order valence-electron chi connectivity index (χ1n) is 5.43. The lowest BCUT2D eigenvalue weighted by Gasteiger charge is -2.38. The summed E-state index contributed by atoms with van der Waals surface area (Å²) in [4.78, 5) is 11.6. The molecular weight excluding hydrogens is 208 g/mol. The van der Waals surface area contributed by atoms with Crippen LogP contribution in [0.4, 0.5) is 0 Å². The summed E-state index contributed by atoms with van der Waals surface area (Å²) in [6.07, 6.45) is 1.62. The lowest BCUT2D eigenvalue weighted by molar-refractivity contribution is -0.151. The van der Waals surface area contributed by atoms with E-state index in [1.807, 2.05) is 0 Å². The molecule has 0 spiro atoms. The summed E-state index contributed by atoms with van der Waals surface area (Å²) in [5.74, 6) is -0.202. The average molecular weight is 230 g/mol. The number of hydrogen-bond donors (Lipinski definition) is 0. The second-order valence-electron chi connectivity index (χ2n) is 5.85. The van der Waals surface area contributed by atoms with Crippen LogP contribution in [-0.2, 0) is 14.0 Å². The van der Waals surface area contributed by atoms with Gasteiger partial charge in [0.2, 0.25) is 0 Å². The third kappa shape index (κ3) is 2.42. The van der Waals surface area contributed by atoms with Crippen LogP contribution in [0, 0.1) is 0 Å². The Morgan fingerprint density at radius 1 is 1.27 bits per heavy atom. The molecule has 1 aliphatic carbocycles. The maximum absolute atomic E-state index is 11.6. The van der Waals surface area contributed by atoms with Gasteiger partial charge in [-0.05, 0) is 31.0 Å². The van der Waals surface area contributed by atoms with Crippen molar-refractivity contribution < 1.29 is 14.0 Å². The monoisotopic (exact) mass is 230 g/mol. The highest BCUT2D eigenvalue weighted by molar-refractivity contribution is 6.74. The fourth-order valence-electron chi connectivity index (χ4n) is 1.29. The Bertz CT molecular complexity index is 261. The molecule has 0 aliphatic heterocycles. The summed E-state index contributed by atoms with van der Waals surface area (Å²) in [6.45, 7) is 10.8. The summed E-state index contributed by atoms with van der Waals surface area (Å²) < 4.78 is 10.9. The second kappa shape index (κ2) is 3.59. The highest BCUT2D eigenvalue weighted by Gasteiger charge is 2.57. The largest absolute Gasteiger partial charge is 0.467 e. The first-order valence-corrected chi connectivity index (χ1v) is 8.34. The molecular formula is C11H22O3Si. The molecule has 0 bridgehead atoms. The van der Waals surface area contributed by atoms with E-state index in [4.69, 9.17) is 9.16 Å². The van der Waals surface area contributed by atoms with E-state index in [9.17, 15) is 4.79 Å². The van der Waals surface area contributed by atoms with Gasteiger partial charge in [0.25, 0.3) is 0 Å². The first-order chi connectivity index (χ1) is 6.65. The lowest BCUT2D eigenvalue weighted by atomic mass is 10.2. The minimum absolute atomic E-state index is 0.136. The molecule has 1 rings (SSSR count). The predicted molar refractivity (Wildman–Crippen MR) is 62.3 cm³/mol. The molecule has 1 saturated carbocycles. The average Bonchev–Trinajstić information content (AvgIpc) is 2.81. The molecule has 0 aromatic carbocycles. The van der Waals surface area contributed by atoms with E-state index in [1.165, 1.54) is 7.11 Å². The smallest absolute Gasteiger partial charge is 0.336 e. The number of esters is 1. The van der Waals surface area contributed by atoms with Crippen LogP contribution < -0.4 is 0 Å². The van der Waals surface area contributed by atoms with Gasteiger partial charge in [0.15, 0.2) is 13.9 Å². The van der Waals surface area contributed by atoms with Crippen molar-refractivity contribution in [3.8, 4) is 0 Å². The van der Waals surface area contributed by atoms with E-state index in [1.54, 1.807) is 0 Å².